The fourth-order valence-corrected chi connectivity index (χ4v) is 2.87. The van der Waals surface area contributed by atoms with Crippen molar-refractivity contribution < 1.29 is 0 Å². The Hall–Kier alpha value is -0.0400. The second-order valence-electron chi connectivity index (χ2n) is 4.60. The molecule has 0 saturated heterocycles. The molecule has 3 aliphatic rings. The van der Waals surface area contributed by atoms with Crippen LogP contribution in [-0.4, -0.2) is 6.04 Å². The number of fused-ring (bicyclic) bond motifs is 2. The molecule has 0 aromatic carbocycles. The Labute approximate surface area is 63.0 Å². The van der Waals surface area contributed by atoms with E-state index in [2.05, 4.69) is 13.8 Å². The third kappa shape index (κ3) is 0.619. The summed E-state index contributed by atoms with van der Waals surface area (Å²) < 4.78 is 0. The lowest BCUT2D eigenvalue weighted by molar-refractivity contribution is -0.0777. The Balaban J connectivity index is 2.16. The highest BCUT2D eigenvalue weighted by atomic mass is 14.7. The van der Waals surface area contributed by atoms with Crippen molar-refractivity contribution in [2.24, 2.45) is 23.0 Å². The van der Waals surface area contributed by atoms with Crippen molar-refractivity contribution in [3.8, 4) is 0 Å². The summed E-state index contributed by atoms with van der Waals surface area (Å²) in [6.07, 6.45) is 4.07. The maximum atomic E-state index is 5.99. The Morgan fingerprint density at radius 2 is 2.00 bits per heavy atom. The van der Waals surface area contributed by atoms with Crippen LogP contribution in [-0.2, 0) is 0 Å². The van der Waals surface area contributed by atoms with E-state index in [1.54, 1.807) is 0 Å². The molecule has 2 bridgehead atoms. The standard InChI is InChI=1S/C9H17N/c1-9(2)6-3-4-8(10)7(9)5-6/h6-8H,3-5,10H2,1-2H3/t6-,7+,8+/m0/s1. The lowest BCUT2D eigenvalue weighted by Crippen LogP contribution is -2.57. The van der Waals surface area contributed by atoms with E-state index in [1.807, 2.05) is 0 Å². The molecule has 0 heterocycles. The maximum absolute atomic E-state index is 5.99. The molecule has 1 heteroatoms. The van der Waals surface area contributed by atoms with Crippen LogP contribution in [0, 0.1) is 17.3 Å². The van der Waals surface area contributed by atoms with Crippen molar-refractivity contribution in [1.82, 2.24) is 0 Å². The molecule has 3 saturated carbocycles. The van der Waals surface area contributed by atoms with Gasteiger partial charge in [0.1, 0.15) is 0 Å². The van der Waals surface area contributed by atoms with Crippen LogP contribution in [0.25, 0.3) is 0 Å². The van der Waals surface area contributed by atoms with Gasteiger partial charge in [0, 0.05) is 6.04 Å². The number of rotatable bonds is 0. The number of hydrogen-bond donors (Lipinski definition) is 1. The summed E-state index contributed by atoms with van der Waals surface area (Å²) in [4.78, 5) is 0. The van der Waals surface area contributed by atoms with Gasteiger partial charge in [0.15, 0.2) is 0 Å². The summed E-state index contributed by atoms with van der Waals surface area (Å²) in [6, 6.07) is 0.514. The molecule has 0 aromatic heterocycles. The van der Waals surface area contributed by atoms with Gasteiger partial charge < -0.3 is 5.73 Å². The molecule has 0 radical (unpaired) electrons. The van der Waals surface area contributed by atoms with Crippen LogP contribution in [0.3, 0.4) is 0 Å². The second-order valence-corrected chi connectivity index (χ2v) is 4.60. The molecular formula is C9H17N. The minimum absolute atomic E-state index is 0.514. The molecule has 0 spiro atoms. The fraction of sp³-hybridized carbons (Fsp3) is 1.00. The zero-order valence-corrected chi connectivity index (χ0v) is 6.93. The second kappa shape index (κ2) is 1.76. The molecular weight excluding hydrogens is 122 g/mol. The van der Waals surface area contributed by atoms with Crippen LogP contribution in [0.15, 0.2) is 0 Å². The number of hydrogen-bond acceptors (Lipinski definition) is 1. The van der Waals surface area contributed by atoms with Gasteiger partial charge in [-0.2, -0.15) is 0 Å². The van der Waals surface area contributed by atoms with Gasteiger partial charge in [0.2, 0.25) is 0 Å². The van der Waals surface area contributed by atoms with E-state index in [0.29, 0.717) is 11.5 Å². The van der Waals surface area contributed by atoms with Gasteiger partial charge in [0.25, 0.3) is 0 Å². The minimum atomic E-state index is 0.514. The Morgan fingerprint density at radius 1 is 1.30 bits per heavy atom. The third-order valence-electron chi connectivity index (χ3n) is 3.91. The van der Waals surface area contributed by atoms with Crippen molar-refractivity contribution in [1.29, 1.82) is 0 Å². The van der Waals surface area contributed by atoms with Gasteiger partial charge in [-0.1, -0.05) is 13.8 Å². The predicted molar refractivity (Wildman–Crippen MR) is 42.6 cm³/mol. The summed E-state index contributed by atoms with van der Waals surface area (Å²) in [5.74, 6) is 1.84. The average molecular weight is 139 g/mol. The highest BCUT2D eigenvalue weighted by molar-refractivity contribution is 5.04. The fourth-order valence-electron chi connectivity index (χ4n) is 2.87. The molecule has 3 aliphatic carbocycles. The van der Waals surface area contributed by atoms with E-state index >= 15 is 0 Å². The van der Waals surface area contributed by atoms with E-state index in [0.717, 1.165) is 11.8 Å². The van der Waals surface area contributed by atoms with E-state index in [9.17, 15) is 0 Å². The van der Waals surface area contributed by atoms with Crippen LogP contribution >= 0.6 is 0 Å². The Morgan fingerprint density at radius 3 is 2.30 bits per heavy atom. The molecule has 3 fully saturated rings. The monoisotopic (exact) mass is 139 g/mol. The summed E-state index contributed by atoms with van der Waals surface area (Å²) in [7, 11) is 0. The SMILES string of the molecule is CC1(C)[C@H]2CC[C@@H](N)[C@H]1C2. The molecule has 3 atom stereocenters. The third-order valence-corrected chi connectivity index (χ3v) is 3.91. The van der Waals surface area contributed by atoms with E-state index in [-0.39, 0.29) is 0 Å². The van der Waals surface area contributed by atoms with Crippen molar-refractivity contribution >= 4 is 0 Å². The van der Waals surface area contributed by atoms with Crippen LogP contribution in [0.5, 0.6) is 0 Å². The van der Waals surface area contributed by atoms with E-state index in [4.69, 9.17) is 5.73 Å². The molecule has 10 heavy (non-hydrogen) atoms. The van der Waals surface area contributed by atoms with Gasteiger partial charge >= 0.3 is 0 Å². The first-order valence-electron chi connectivity index (χ1n) is 4.38. The highest BCUT2D eigenvalue weighted by Crippen LogP contribution is 2.58. The van der Waals surface area contributed by atoms with Gasteiger partial charge in [-0.15, -0.1) is 0 Å². The molecule has 58 valence electrons. The van der Waals surface area contributed by atoms with Crippen LogP contribution in [0.2, 0.25) is 0 Å². The van der Waals surface area contributed by atoms with Crippen LogP contribution < -0.4 is 5.73 Å². The summed E-state index contributed by atoms with van der Waals surface area (Å²) in [5, 5.41) is 0. The first-order valence-corrected chi connectivity index (χ1v) is 4.38. The first-order chi connectivity index (χ1) is 4.62. The van der Waals surface area contributed by atoms with Crippen molar-refractivity contribution in [2.45, 2.75) is 39.2 Å². The molecule has 1 nitrogen and oxygen atoms in total. The van der Waals surface area contributed by atoms with Crippen molar-refractivity contribution in [2.75, 3.05) is 0 Å². The molecule has 0 amide bonds. The smallest absolute Gasteiger partial charge is 0.00725 e. The number of nitrogens with two attached hydrogens (primary N) is 1. The lowest BCUT2D eigenvalue weighted by atomic mass is 9.47. The molecule has 2 N–H and O–H groups in total. The van der Waals surface area contributed by atoms with Crippen LogP contribution in [0.4, 0.5) is 0 Å². The highest BCUT2D eigenvalue weighted by Gasteiger charge is 2.53. The van der Waals surface area contributed by atoms with Gasteiger partial charge in [-0.3, -0.25) is 0 Å². The van der Waals surface area contributed by atoms with E-state index < -0.39 is 0 Å². The maximum Gasteiger partial charge on any atom is 0.00725 e. The average Bonchev–Trinajstić information content (AvgIpc) is 1.87. The minimum Gasteiger partial charge on any atom is -0.327 e. The summed E-state index contributed by atoms with van der Waals surface area (Å²) in [6.45, 7) is 4.76. The Bertz CT molecular complexity index is 149. The Kier molecular flexibility index (Phi) is 1.17. The van der Waals surface area contributed by atoms with Crippen molar-refractivity contribution in [3.63, 3.8) is 0 Å². The van der Waals surface area contributed by atoms with Crippen LogP contribution in [0.1, 0.15) is 33.1 Å². The normalized spacial score (nSPS) is 50.1. The van der Waals surface area contributed by atoms with Crippen molar-refractivity contribution in [3.05, 3.63) is 0 Å². The summed E-state index contributed by atoms with van der Waals surface area (Å²) >= 11 is 0. The summed E-state index contributed by atoms with van der Waals surface area (Å²) in [5.41, 5.74) is 6.57. The molecule has 0 unspecified atom stereocenters. The van der Waals surface area contributed by atoms with Gasteiger partial charge in [0.05, 0.1) is 0 Å². The van der Waals surface area contributed by atoms with E-state index in [1.165, 1.54) is 19.3 Å². The zero-order valence-electron chi connectivity index (χ0n) is 6.93. The topological polar surface area (TPSA) is 26.0 Å². The molecule has 3 rings (SSSR count). The largest absolute Gasteiger partial charge is 0.327 e. The quantitative estimate of drug-likeness (QED) is 0.544. The van der Waals surface area contributed by atoms with Gasteiger partial charge in [-0.05, 0) is 36.5 Å². The molecule has 0 aromatic rings. The first kappa shape index (κ1) is 6.66. The zero-order chi connectivity index (χ0) is 7.35. The predicted octanol–water partition coefficient (Wildman–Crippen LogP) is 1.77. The lowest BCUT2D eigenvalue weighted by Gasteiger charge is -2.59. The van der Waals surface area contributed by atoms with Gasteiger partial charge in [-0.25, -0.2) is 0 Å². The molecule has 0 aliphatic heterocycles.